The van der Waals surface area contributed by atoms with E-state index in [0.717, 1.165) is 18.5 Å². The first-order valence-electron chi connectivity index (χ1n) is 7.28. The maximum absolute atomic E-state index is 6.14. The Kier molecular flexibility index (Phi) is 5.39. The molecule has 1 fully saturated rings. The number of anilines is 1. The molecule has 1 aliphatic carbocycles. The van der Waals surface area contributed by atoms with E-state index in [4.69, 9.17) is 35.4 Å². The highest BCUT2D eigenvalue weighted by Crippen LogP contribution is 2.38. The summed E-state index contributed by atoms with van der Waals surface area (Å²) >= 11 is 17.5. The second-order valence-electron chi connectivity index (χ2n) is 6.83. The van der Waals surface area contributed by atoms with E-state index in [0.29, 0.717) is 32.5 Å². The van der Waals surface area contributed by atoms with Crippen molar-refractivity contribution in [3.8, 4) is 0 Å². The maximum Gasteiger partial charge on any atom is 0.171 e. The molecule has 1 saturated carbocycles. The first-order chi connectivity index (χ1) is 9.75. The van der Waals surface area contributed by atoms with Crippen molar-refractivity contribution in [3.63, 3.8) is 0 Å². The lowest BCUT2D eigenvalue weighted by Gasteiger charge is -2.39. The third kappa shape index (κ3) is 5.01. The van der Waals surface area contributed by atoms with Gasteiger partial charge in [-0.2, -0.15) is 0 Å². The molecule has 2 unspecified atom stereocenters. The molecule has 21 heavy (non-hydrogen) atoms. The van der Waals surface area contributed by atoms with E-state index in [1.807, 2.05) is 0 Å². The van der Waals surface area contributed by atoms with E-state index in [1.165, 1.54) is 6.42 Å². The van der Waals surface area contributed by atoms with Crippen molar-refractivity contribution in [1.82, 2.24) is 5.32 Å². The van der Waals surface area contributed by atoms with Crippen LogP contribution >= 0.6 is 35.4 Å². The molecular formula is C16H22Cl2N2S. The number of thiocarbonyl (C=S) groups is 1. The van der Waals surface area contributed by atoms with Gasteiger partial charge in [-0.25, -0.2) is 0 Å². The SMILES string of the molecule is CC1CC(NC(=S)Nc2cc(Cl)ccc2Cl)CC(C)(C)C1. The minimum absolute atomic E-state index is 0.360. The number of benzene rings is 1. The molecule has 2 N–H and O–H groups in total. The fraction of sp³-hybridized carbons (Fsp3) is 0.562. The molecule has 0 spiro atoms. The molecule has 0 radical (unpaired) electrons. The summed E-state index contributed by atoms with van der Waals surface area (Å²) in [6.45, 7) is 6.95. The molecule has 0 amide bonds. The van der Waals surface area contributed by atoms with E-state index in [-0.39, 0.29) is 0 Å². The number of rotatable bonds is 2. The molecule has 0 aromatic heterocycles. The predicted molar refractivity (Wildman–Crippen MR) is 96.4 cm³/mol. The van der Waals surface area contributed by atoms with E-state index < -0.39 is 0 Å². The van der Waals surface area contributed by atoms with Crippen molar-refractivity contribution < 1.29 is 0 Å². The average Bonchev–Trinajstić information content (AvgIpc) is 2.31. The zero-order valence-electron chi connectivity index (χ0n) is 12.7. The van der Waals surface area contributed by atoms with Crippen molar-refractivity contribution in [2.24, 2.45) is 11.3 Å². The van der Waals surface area contributed by atoms with Crippen molar-refractivity contribution in [2.45, 2.75) is 46.1 Å². The third-order valence-corrected chi connectivity index (χ3v) is 4.68. The summed E-state index contributed by atoms with van der Waals surface area (Å²) in [4.78, 5) is 0. The van der Waals surface area contributed by atoms with Crippen molar-refractivity contribution in [3.05, 3.63) is 28.2 Å². The van der Waals surface area contributed by atoms with Crippen LogP contribution in [0, 0.1) is 11.3 Å². The third-order valence-electron chi connectivity index (χ3n) is 3.90. The second kappa shape index (κ2) is 6.72. The molecule has 0 bridgehead atoms. The highest BCUT2D eigenvalue weighted by Gasteiger charge is 2.32. The van der Waals surface area contributed by atoms with Gasteiger partial charge in [-0.05, 0) is 61.0 Å². The fourth-order valence-corrected chi connectivity index (χ4v) is 4.01. The van der Waals surface area contributed by atoms with Crippen molar-refractivity contribution in [2.75, 3.05) is 5.32 Å². The Morgan fingerprint density at radius 1 is 1.29 bits per heavy atom. The molecular weight excluding hydrogens is 323 g/mol. The zero-order valence-corrected chi connectivity index (χ0v) is 15.0. The molecule has 1 aliphatic rings. The van der Waals surface area contributed by atoms with Gasteiger partial charge in [0.05, 0.1) is 10.7 Å². The fourth-order valence-electron chi connectivity index (χ4n) is 3.39. The summed E-state index contributed by atoms with van der Waals surface area (Å²) in [7, 11) is 0. The topological polar surface area (TPSA) is 24.1 Å². The Morgan fingerprint density at radius 2 is 2.00 bits per heavy atom. The van der Waals surface area contributed by atoms with Crippen LogP contribution in [0.4, 0.5) is 5.69 Å². The number of halogens is 2. The summed E-state index contributed by atoms with van der Waals surface area (Å²) in [6, 6.07) is 5.71. The lowest BCUT2D eigenvalue weighted by molar-refractivity contribution is 0.162. The van der Waals surface area contributed by atoms with Gasteiger partial charge in [0, 0.05) is 11.1 Å². The van der Waals surface area contributed by atoms with Gasteiger partial charge in [0.25, 0.3) is 0 Å². The molecule has 2 rings (SSSR count). The highest BCUT2D eigenvalue weighted by atomic mass is 35.5. The molecule has 0 heterocycles. The standard InChI is InChI=1S/C16H22Cl2N2S/c1-10-6-12(9-16(2,3)8-10)19-15(21)20-14-7-11(17)4-5-13(14)18/h4-5,7,10,12H,6,8-9H2,1-3H3,(H2,19,20,21). The first-order valence-corrected chi connectivity index (χ1v) is 8.44. The van der Waals surface area contributed by atoms with Crippen LogP contribution in [0.5, 0.6) is 0 Å². The van der Waals surface area contributed by atoms with Gasteiger partial charge >= 0.3 is 0 Å². The molecule has 2 nitrogen and oxygen atoms in total. The lowest BCUT2D eigenvalue weighted by atomic mass is 9.71. The monoisotopic (exact) mass is 344 g/mol. The molecule has 2 atom stereocenters. The molecule has 0 aliphatic heterocycles. The Hall–Kier alpha value is -0.510. The molecule has 0 saturated heterocycles. The van der Waals surface area contributed by atoms with Crippen LogP contribution in [0.1, 0.15) is 40.0 Å². The first kappa shape index (κ1) is 16.9. The molecule has 1 aromatic rings. The predicted octanol–water partition coefficient (Wildman–Crippen LogP) is 5.49. The minimum Gasteiger partial charge on any atom is -0.360 e. The highest BCUT2D eigenvalue weighted by molar-refractivity contribution is 7.80. The van der Waals surface area contributed by atoms with Crippen LogP contribution in [0.15, 0.2) is 18.2 Å². The van der Waals surface area contributed by atoms with Crippen LogP contribution in [0.25, 0.3) is 0 Å². The quantitative estimate of drug-likeness (QED) is 0.693. The van der Waals surface area contributed by atoms with Crippen LogP contribution in [-0.2, 0) is 0 Å². The van der Waals surface area contributed by atoms with Gasteiger partial charge in [0.2, 0.25) is 0 Å². The average molecular weight is 345 g/mol. The summed E-state index contributed by atoms with van der Waals surface area (Å²) in [5.41, 5.74) is 1.10. The Bertz CT molecular complexity index is 531. The lowest BCUT2D eigenvalue weighted by Crippen LogP contribution is -2.44. The minimum atomic E-state index is 0.360. The smallest absolute Gasteiger partial charge is 0.171 e. The van der Waals surface area contributed by atoms with Gasteiger partial charge in [0.15, 0.2) is 5.11 Å². The van der Waals surface area contributed by atoms with Gasteiger partial charge < -0.3 is 10.6 Å². The maximum atomic E-state index is 6.14. The van der Waals surface area contributed by atoms with Gasteiger partial charge in [-0.15, -0.1) is 0 Å². The van der Waals surface area contributed by atoms with Crippen LogP contribution in [-0.4, -0.2) is 11.2 Å². The van der Waals surface area contributed by atoms with Crippen molar-refractivity contribution in [1.29, 1.82) is 0 Å². The van der Waals surface area contributed by atoms with Crippen molar-refractivity contribution >= 4 is 46.2 Å². The van der Waals surface area contributed by atoms with Gasteiger partial charge in [0.1, 0.15) is 0 Å². The molecule has 5 heteroatoms. The summed E-state index contributed by atoms with van der Waals surface area (Å²) < 4.78 is 0. The van der Waals surface area contributed by atoms with Crippen LogP contribution in [0.3, 0.4) is 0 Å². The van der Waals surface area contributed by atoms with E-state index >= 15 is 0 Å². The zero-order chi connectivity index (χ0) is 15.6. The van der Waals surface area contributed by atoms with Gasteiger partial charge in [-0.1, -0.05) is 44.0 Å². The normalized spacial score (nSPS) is 24.4. The van der Waals surface area contributed by atoms with Gasteiger partial charge in [-0.3, -0.25) is 0 Å². The van der Waals surface area contributed by atoms with Crippen LogP contribution < -0.4 is 10.6 Å². The Labute approximate surface area is 142 Å². The Balaban J connectivity index is 1.97. The molecule has 1 aromatic carbocycles. The summed E-state index contributed by atoms with van der Waals surface area (Å²) in [6.07, 6.45) is 3.54. The second-order valence-corrected chi connectivity index (χ2v) is 8.08. The van der Waals surface area contributed by atoms with E-state index in [1.54, 1.807) is 18.2 Å². The number of hydrogen-bond acceptors (Lipinski definition) is 1. The van der Waals surface area contributed by atoms with Crippen LogP contribution in [0.2, 0.25) is 10.0 Å². The number of hydrogen-bond donors (Lipinski definition) is 2. The number of nitrogens with one attached hydrogen (secondary N) is 2. The summed E-state index contributed by atoms with van der Waals surface area (Å²) in [5, 5.41) is 8.42. The Morgan fingerprint density at radius 3 is 2.67 bits per heavy atom. The largest absolute Gasteiger partial charge is 0.360 e. The van der Waals surface area contributed by atoms with E-state index in [2.05, 4.69) is 31.4 Å². The molecule has 116 valence electrons. The summed E-state index contributed by atoms with van der Waals surface area (Å²) in [5.74, 6) is 0.712. The van der Waals surface area contributed by atoms with E-state index in [9.17, 15) is 0 Å².